The van der Waals surface area contributed by atoms with Gasteiger partial charge in [0.25, 0.3) is 0 Å². The molecule has 4 heteroatoms. The van der Waals surface area contributed by atoms with Gasteiger partial charge < -0.3 is 9.64 Å². The summed E-state index contributed by atoms with van der Waals surface area (Å²) in [4.78, 5) is 17.0. The zero-order valence-electron chi connectivity index (χ0n) is 18.1. The second-order valence-electron chi connectivity index (χ2n) is 9.02. The van der Waals surface area contributed by atoms with Gasteiger partial charge in [-0.2, -0.15) is 0 Å². The average Bonchev–Trinajstić information content (AvgIpc) is 2.65. The number of nitrogens with zero attached hydrogens (tertiary/aromatic N) is 2. The number of ether oxygens (including phenoxy) is 1. The third kappa shape index (κ3) is 5.97. The number of benzene rings is 1. The predicted molar refractivity (Wildman–Crippen MR) is 113 cm³/mol. The monoisotopic (exact) mass is 374 g/mol. The van der Waals surface area contributed by atoms with Crippen molar-refractivity contribution in [3.8, 4) is 0 Å². The number of rotatable bonds is 8. The maximum Gasteiger partial charge on any atom is 0.311 e. The number of methoxy groups -OCH3 is 1. The molecule has 1 aliphatic rings. The number of anilines is 1. The van der Waals surface area contributed by atoms with Crippen LogP contribution >= 0.6 is 0 Å². The van der Waals surface area contributed by atoms with E-state index < -0.39 is 5.41 Å². The van der Waals surface area contributed by atoms with E-state index in [0.29, 0.717) is 11.8 Å². The van der Waals surface area contributed by atoms with E-state index >= 15 is 0 Å². The van der Waals surface area contributed by atoms with Crippen LogP contribution in [0.2, 0.25) is 0 Å². The molecule has 1 heterocycles. The van der Waals surface area contributed by atoms with Gasteiger partial charge >= 0.3 is 5.97 Å². The lowest BCUT2D eigenvalue weighted by Crippen LogP contribution is -2.47. The largest absolute Gasteiger partial charge is 0.469 e. The van der Waals surface area contributed by atoms with E-state index in [1.165, 1.54) is 18.4 Å². The molecule has 0 aromatic heterocycles. The van der Waals surface area contributed by atoms with Crippen LogP contribution in [0.15, 0.2) is 24.3 Å². The molecule has 1 fully saturated rings. The Morgan fingerprint density at radius 3 is 2.33 bits per heavy atom. The molecule has 1 saturated heterocycles. The summed E-state index contributed by atoms with van der Waals surface area (Å²) >= 11 is 0. The van der Waals surface area contributed by atoms with E-state index in [-0.39, 0.29) is 5.97 Å². The first-order valence-corrected chi connectivity index (χ1v) is 10.4. The topological polar surface area (TPSA) is 32.8 Å². The van der Waals surface area contributed by atoms with Crippen molar-refractivity contribution in [3.05, 3.63) is 29.8 Å². The quantitative estimate of drug-likeness (QED) is 0.625. The lowest BCUT2D eigenvalue weighted by atomic mass is 9.82. The van der Waals surface area contributed by atoms with Gasteiger partial charge in [0, 0.05) is 31.9 Å². The van der Waals surface area contributed by atoms with Crippen LogP contribution < -0.4 is 4.90 Å². The van der Waals surface area contributed by atoms with Crippen LogP contribution in [0.4, 0.5) is 5.69 Å². The summed E-state index contributed by atoms with van der Waals surface area (Å²) in [5, 5.41) is 0. The van der Waals surface area contributed by atoms with Crippen molar-refractivity contribution in [2.24, 2.45) is 11.3 Å². The highest BCUT2D eigenvalue weighted by Gasteiger charge is 2.30. The van der Waals surface area contributed by atoms with Crippen molar-refractivity contribution < 1.29 is 9.53 Å². The second kappa shape index (κ2) is 9.59. The number of hydrogen-bond acceptors (Lipinski definition) is 4. The van der Waals surface area contributed by atoms with Gasteiger partial charge in [-0.15, -0.1) is 0 Å². The molecule has 0 saturated carbocycles. The molecule has 0 radical (unpaired) electrons. The van der Waals surface area contributed by atoms with Crippen molar-refractivity contribution in [2.75, 3.05) is 44.7 Å². The van der Waals surface area contributed by atoms with Crippen molar-refractivity contribution in [1.29, 1.82) is 0 Å². The Hall–Kier alpha value is -1.55. The molecule has 1 atom stereocenters. The third-order valence-electron chi connectivity index (χ3n) is 5.81. The Morgan fingerprint density at radius 1 is 1.11 bits per heavy atom. The van der Waals surface area contributed by atoms with Crippen molar-refractivity contribution in [1.82, 2.24) is 4.90 Å². The number of carbonyl (C=O) groups excluding carboxylic acids is 1. The fourth-order valence-electron chi connectivity index (χ4n) is 4.21. The van der Waals surface area contributed by atoms with Crippen LogP contribution in [0.5, 0.6) is 0 Å². The summed E-state index contributed by atoms with van der Waals surface area (Å²) in [5.41, 5.74) is 2.46. The lowest BCUT2D eigenvalue weighted by molar-refractivity contribution is -0.151. The average molecular weight is 375 g/mol. The number of carbonyl (C=O) groups is 1. The van der Waals surface area contributed by atoms with Gasteiger partial charge in [0.15, 0.2) is 0 Å². The lowest BCUT2D eigenvalue weighted by Gasteiger charge is -2.38. The van der Waals surface area contributed by atoms with Crippen molar-refractivity contribution in [2.45, 2.75) is 53.4 Å². The van der Waals surface area contributed by atoms with Gasteiger partial charge in [-0.05, 0) is 56.7 Å². The van der Waals surface area contributed by atoms with E-state index in [1.807, 2.05) is 13.8 Å². The third-order valence-corrected chi connectivity index (χ3v) is 5.81. The Labute approximate surface area is 165 Å². The molecule has 0 N–H and O–H groups in total. The van der Waals surface area contributed by atoms with Crippen LogP contribution in [0.25, 0.3) is 0 Å². The highest BCUT2D eigenvalue weighted by molar-refractivity contribution is 5.75. The van der Waals surface area contributed by atoms with Gasteiger partial charge in [0.1, 0.15) is 0 Å². The fourth-order valence-corrected chi connectivity index (χ4v) is 4.21. The maximum atomic E-state index is 11.9. The van der Waals surface area contributed by atoms with Crippen LogP contribution in [-0.4, -0.2) is 50.7 Å². The smallest absolute Gasteiger partial charge is 0.311 e. The zero-order valence-corrected chi connectivity index (χ0v) is 18.1. The summed E-state index contributed by atoms with van der Waals surface area (Å²) in [7, 11) is 1.48. The Bertz CT molecular complexity index is 604. The van der Waals surface area contributed by atoms with Crippen molar-refractivity contribution in [3.63, 3.8) is 0 Å². The SMILES string of the molecule is COC(=O)C(C)(C)C[C@H](C)CCN1CCN(c2ccccc2C(C)C)CC1. The Kier molecular flexibility index (Phi) is 7.72. The van der Waals surface area contributed by atoms with Crippen molar-refractivity contribution >= 4 is 11.7 Å². The molecule has 152 valence electrons. The van der Waals surface area contributed by atoms with Crippen LogP contribution in [-0.2, 0) is 9.53 Å². The number of para-hydroxylation sites is 1. The minimum Gasteiger partial charge on any atom is -0.469 e. The predicted octanol–water partition coefficient (Wildman–Crippen LogP) is 4.55. The summed E-state index contributed by atoms with van der Waals surface area (Å²) < 4.78 is 4.94. The normalized spacial score (nSPS) is 17.2. The summed E-state index contributed by atoms with van der Waals surface area (Å²) in [5.74, 6) is 0.962. The van der Waals surface area contributed by atoms with E-state index in [2.05, 4.69) is 54.8 Å². The van der Waals surface area contributed by atoms with E-state index in [4.69, 9.17) is 4.74 Å². The first-order valence-electron chi connectivity index (χ1n) is 10.4. The standard InChI is InChI=1S/C23H38N2O2/c1-18(2)20-9-7-8-10-21(20)25-15-13-24(14-16-25)12-11-19(3)17-23(4,5)22(26)27-6/h7-10,18-19H,11-17H2,1-6H3/t19-/m1/s1. The molecule has 0 unspecified atom stereocenters. The molecule has 27 heavy (non-hydrogen) atoms. The molecule has 2 rings (SSSR count). The van der Waals surface area contributed by atoms with E-state index in [1.54, 1.807) is 0 Å². The molecule has 4 nitrogen and oxygen atoms in total. The molecule has 1 aliphatic heterocycles. The van der Waals surface area contributed by atoms with Gasteiger partial charge in [-0.25, -0.2) is 0 Å². The number of piperazine rings is 1. The molecular weight excluding hydrogens is 336 g/mol. The number of hydrogen-bond donors (Lipinski definition) is 0. The molecule has 0 bridgehead atoms. The first-order chi connectivity index (χ1) is 12.7. The molecule has 0 spiro atoms. The zero-order chi connectivity index (χ0) is 20.0. The summed E-state index contributed by atoms with van der Waals surface area (Å²) in [6.07, 6.45) is 2.00. The van der Waals surface area contributed by atoms with Gasteiger partial charge in [-0.1, -0.05) is 39.0 Å². The highest BCUT2D eigenvalue weighted by atomic mass is 16.5. The fraction of sp³-hybridized carbons (Fsp3) is 0.696. The van der Waals surface area contributed by atoms with Crippen LogP contribution in [0.3, 0.4) is 0 Å². The minimum absolute atomic E-state index is 0.105. The second-order valence-corrected chi connectivity index (χ2v) is 9.02. The van der Waals surface area contributed by atoms with Crippen LogP contribution in [0.1, 0.15) is 58.9 Å². The van der Waals surface area contributed by atoms with E-state index in [9.17, 15) is 4.79 Å². The molecule has 0 amide bonds. The van der Waals surface area contributed by atoms with Crippen LogP contribution in [0, 0.1) is 11.3 Å². The first kappa shape index (κ1) is 21.7. The Morgan fingerprint density at radius 2 is 1.74 bits per heavy atom. The van der Waals surface area contributed by atoms with E-state index in [0.717, 1.165) is 45.6 Å². The molecule has 0 aliphatic carbocycles. The van der Waals surface area contributed by atoms with Gasteiger partial charge in [0.2, 0.25) is 0 Å². The maximum absolute atomic E-state index is 11.9. The summed E-state index contributed by atoms with van der Waals surface area (Å²) in [6.45, 7) is 16.3. The summed E-state index contributed by atoms with van der Waals surface area (Å²) in [6, 6.07) is 8.82. The van der Waals surface area contributed by atoms with Gasteiger partial charge in [0.05, 0.1) is 12.5 Å². The van der Waals surface area contributed by atoms with Gasteiger partial charge in [-0.3, -0.25) is 9.69 Å². The number of esters is 1. The minimum atomic E-state index is -0.395. The molecule has 1 aromatic rings. The molecule has 1 aromatic carbocycles. The Balaban J connectivity index is 1.81. The highest BCUT2D eigenvalue weighted by Crippen LogP contribution is 2.30. The molecular formula is C23H38N2O2.